The number of nitrogens with one attached hydrogen (secondary N) is 1. The average Bonchev–Trinajstić information content (AvgIpc) is 3.35. The zero-order valence-electron chi connectivity index (χ0n) is 24.2. The fourth-order valence-corrected chi connectivity index (χ4v) is 6.07. The Balaban J connectivity index is 1.30. The van der Waals surface area contributed by atoms with Gasteiger partial charge in [0.25, 0.3) is 5.91 Å². The highest BCUT2D eigenvalue weighted by Gasteiger charge is 2.36. The van der Waals surface area contributed by atoms with Gasteiger partial charge in [-0.15, -0.1) is 0 Å². The van der Waals surface area contributed by atoms with Gasteiger partial charge in [-0.25, -0.2) is 4.39 Å². The number of aryl methyl sites for hydroxylation is 1. The number of carbonyl (C=O) groups is 3. The van der Waals surface area contributed by atoms with Crippen molar-refractivity contribution < 1.29 is 27.9 Å². The smallest absolute Gasteiger partial charge is 0.270 e. The van der Waals surface area contributed by atoms with E-state index in [1.807, 2.05) is 30.3 Å². The van der Waals surface area contributed by atoms with Gasteiger partial charge < -0.3 is 24.4 Å². The highest BCUT2D eigenvalue weighted by Crippen LogP contribution is 2.34. The van der Waals surface area contributed by atoms with Gasteiger partial charge in [-0.05, 0) is 30.4 Å². The fraction of sp³-hybridized carbons (Fsp3) is 0.469. The van der Waals surface area contributed by atoms with Crippen LogP contribution in [0.15, 0.2) is 42.5 Å². The summed E-state index contributed by atoms with van der Waals surface area (Å²) < 4.78 is 36.7. The lowest BCUT2D eigenvalue weighted by atomic mass is 9.83. The summed E-state index contributed by atoms with van der Waals surface area (Å²) in [4.78, 5) is 42.8. The van der Waals surface area contributed by atoms with Crippen molar-refractivity contribution in [2.45, 2.75) is 58.1 Å². The molecule has 0 bridgehead atoms. The van der Waals surface area contributed by atoms with Crippen LogP contribution >= 0.6 is 0 Å². The third-order valence-corrected chi connectivity index (χ3v) is 8.55. The molecule has 1 aliphatic carbocycles. The molecule has 3 amide bonds. The molecule has 2 fully saturated rings. The second-order valence-electron chi connectivity index (χ2n) is 11.2. The summed E-state index contributed by atoms with van der Waals surface area (Å²) in [5.74, 6) is -2.79. The second kappa shape index (κ2) is 12.9. The van der Waals surface area contributed by atoms with E-state index < -0.39 is 17.7 Å². The lowest BCUT2D eigenvalue weighted by Crippen LogP contribution is -2.57. The molecule has 3 aromatic rings. The van der Waals surface area contributed by atoms with Gasteiger partial charge in [0.05, 0.1) is 5.52 Å². The van der Waals surface area contributed by atoms with Gasteiger partial charge in [-0.3, -0.25) is 14.4 Å². The molecule has 2 heterocycles. The van der Waals surface area contributed by atoms with E-state index >= 15 is 0 Å². The van der Waals surface area contributed by atoms with Crippen LogP contribution in [0.3, 0.4) is 0 Å². The zero-order chi connectivity index (χ0) is 29.8. The van der Waals surface area contributed by atoms with Crippen LogP contribution < -0.4 is 10.1 Å². The average molecular weight is 581 g/mol. The number of piperazine rings is 1. The first-order chi connectivity index (χ1) is 20.3. The van der Waals surface area contributed by atoms with Gasteiger partial charge in [0, 0.05) is 51.1 Å². The molecule has 0 spiro atoms. The van der Waals surface area contributed by atoms with Crippen molar-refractivity contribution in [2.24, 2.45) is 13.0 Å². The maximum atomic E-state index is 14.9. The summed E-state index contributed by atoms with van der Waals surface area (Å²) in [6, 6.07) is 11.2. The Labute approximate surface area is 244 Å². The van der Waals surface area contributed by atoms with E-state index in [-0.39, 0.29) is 41.7 Å². The van der Waals surface area contributed by atoms with Gasteiger partial charge >= 0.3 is 0 Å². The summed E-state index contributed by atoms with van der Waals surface area (Å²) in [6.45, 7) is 3.13. The van der Waals surface area contributed by atoms with Gasteiger partial charge in [-0.2, -0.15) is 4.39 Å². The minimum atomic E-state index is -1.10. The highest BCUT2D eigenvalue weighted by atomic mass is 19.2. The van der Waals surface area contributed by atoms with Crippen molar-refractivity contribution in [1.29, 1.82) is 0 Å². The Morgan fingerprint density at radius 2 is 1.64 bits per heavy atom. The van der Waals surface area contributed by atoms with Gasteiger partial charge in [0.1, 0.15) is 18.3 Å². The van der Waals surface area contributed by atoms with E-state index in [9.17, 15) is 23.2 Å². The zero-order valence-corrected chi connectivity index (χ0v) is 24.2. The molecule has 1 saturated carbocycles. The minimum Gasteiger partial charge on any atom is -0.485 e. The minimum absolute atomic E-state index is 0.0467. The lowest BCUT2D eigenvalue weighted by molar-refractivity contribution is -0.139. The molecule has 1 saturated heterocycles. The monoisotopic (exact) mass is 580 g/mol. The predicted molar refractivity (Wildman–Crippen MR) is 155 cm³/mol. The number of ether oxygens (including phenoxy) is 1. The van der Waals surface area contributed by atoms with Gasteiger partial charge in [0.15, 0.2) is 11.6 Å². The molecular formula is C32H38F2N4O4. The van der Waals surface area contributed by atoms with Crippen LogP contribution in [0.2, 0.25) is 0 Å². The molecule has 224 valence electrons. The molecule has 5 rings (SSSR count). The normalized spacial score (nSPS) is 16.9. The molecule has 0 unspecified atom stereocenters. The molecule has 42 heavy (non-hydrogen) atoms. The summed E-state index contributed by atoms with van der Waals surface area (Å²) in [5.41, 5.74) is 1.42. The Morgan fingerprint density at radius 1 is 0.976 bits per heavy atom. The molecule has 1 atom stereocenters. The van der Waals surface area contributed by atoms with Crippen LogP contribution in [-0.2, 0) is 23.2 Å². The number of hydrogen-bond acceptors (Lipinski definition) is 4. The Bertz CT molecular complexity index is 1440. The number of aromatic nitrogens is 1. The Morgan fingerprint density at radius 3 is 2.31 bits per heavy atom. The van der Waals surface area contributed by atoms with Crippen molar-refractivity contribution in [1.82, 2.24) is 19.7 Å². The molecule has 8 nitrogen and oxygen atoms in total. The van der Waals surface area contributed by atoms with E-state index in [0.717, 1.165) is 43.7 Å². The van der Waals surface area contributed by atoms with Crippen molar-refractivity contribution in [2.75, 3.05) is 26.2 Å². The Kier molecular flexibility index (Phi) is 9.09. The van der Waals surface area contributed by atoms with Crippen molar-refractivity contribution in [3.63, 3.8) is 0 Å². The van der Waals surface area contributed by atoms with Crippen LogP contribution in [0.25, 0.3) is 10.9 Å². The van der Waals surface area contributed by atoms with E-state index in [1.54, 1.807) is 28.3 Å². The summed E-state index contributed by atoms with van der Waals surface area (Å²) in [5, 5.41) is 3.28. The van der Waals surface area contributed by atoms with E-state index in [1.165, 1.54) is 6.07 Å². The number of nitrogens with zero attached hydrogens (tertiary/aromatic N) is 3. The molecule has 1 N–H and O–H groups in total. The van der Waals surface area contributed by atoms with Gasteiger partial charge in [-0.1, -0.05) is 56.5 Å². The number of benzene rings is 2. The van der Waals surface area contributed by atoms with Crippen LogP contribution in [0.1, 0.15) is 61.5 Å². The number of fused-ring (bicyclic) bond motifs is 1. The van der Waals surface area contributed by atoms with Crippen LogP contribution in [0, 0.1) is 17.6 Å². The highest BCUT2D eigenvalue weighted by molar-refractivity contribution is 6.00. The van der Waals surface area contributed by atoms with Crippen molar-refractivity contribution in [3.8, 4) is 5.75 Å². The third-order valence-electron chi connectivity index (χ3n) is 8.55. The summed E-state index contributed by atoms with van der Waals surface area (Å²) in [6.07, 6.45) is 5.40. The molecule has 2 aliphatic rings. The number of hydrogen-bond donors (Lipinski definition) is 1. The van der Waals surface area contributed by atoms with Crippen LogP contribution in [0.5, 0.6) is 5.75 Å². The first-order valence-corrected chi connectivity index (χ1v) is 14.8. The lowest BCUT2D eigenvalue weighted by Gasteiger charge is -2.39. The molecule has 2 aromatic carbocycles. The molecule has 1 aliphatic heterocycles. The Hall–Kier alpha value is -3.95. The standard InChI is InChI=1S/C32H38F2N4O4/c1-3-27(39)35-29(22-12-8-5-9-13-22)32(41)38-16-14-37(15-17-38)31(40)26-18-23-25(36(26)2)19-24(33)28(34)30(23)42-20-21-10-6-4-7-11-21/h4,6-7,10-11,18-19,22,29H,3,5,8-9,12-17,20H2,1-2H3,(H,35,39)/t29-/m0/s1. The molecule has 10 heteroatoms. The number of carbonyl (C=O) groups excluding carboxylic acids is 3. The molecule has 0 radical (unpaired) electrons. The van der Waals surface area contributed by atoms with Crippen molar-refractivity contribution >= 4 is 28.6 Å². The number of rotatable bonds is 8. The number of amides is 3. The maximum Gasteiger partial charge on any atom is 0.270 e. The van der Waals surface area contributed by atoms with Crippen molar-refractivity contribution in [3.05, 3.63) is 65.4 Å². The summed E-state index contributed by atoms with van der Waals surface area (Å²) in [7, 11) is 1.64. The molecular weight excluding hydrogens is 542 g/mol. The SMILES string of the molecule is CCC(=O)N[C@H](C(=O)N1CCN(C(=O)c2cc3c(OCc4ccccc4)c(F)c(F)cc3n2C)CC1)C1CCCCC1. The van der Waals surface area contributed by atoms with Gasteiger partial charge in [0.2, 0.25) is 17.6 Å². The predicted octanol–water partition coefficient (Wildman–Crippen LogP) is 4.80. The topological polar surface area (TPSA) is 83.9 Å². The fourth-order valence-electron chi connectivity index (χ4n) is 6.07. The second-order valence-corrected chi connectivity index (χ2v) is 11.2. The maximum absolute atomic E-state index is 14.9. The van der Waals surface area contributed by atoms with E-state index in [0.29, 0.717) is 43.5 Å². The van der Waals surface area contributed by atoms with E-state index in [4.69, 9.17) is 4.74 Å². The number of halogens is 2. The molecule has 1 aromatic heterocycles. The summed E-state index contributed by atoms with van der Waals surface area (Å²) >= 11 is 0. The first-order valence-electron chi connectivity index (χ1n) is 14.8. The largest absolute Gasteiger partial charge is 0.485 e. The van der Waals surface area contributed by atoms with E-state index in [2.05, 4.69) is 5.32 Å². The first kappa shape index (κ1) is 29.5. The van der Waals surface area contributed by atoms with Crippen LogP contribution in [-0.4, -0.2) is 64.3 Å². The van der Waals surface area contributed by atoms with Crippen LogP contribution in [0.4, 0.5) is 8.78 Å². The third kappa shape index (κ3) is 6.12. The quantitative estimate of drug-likeness (QED) is 0.415.